The van der Waals surface area contributed by atoms with Crippen LogP contribution in [0, 0.1) is 0 Å². The molecule has 0 saturated heterocycles. The maximum absolute atomic E-state index is 12.3. The van der Waals surface area contributed by atoms with Gasteiger partial charge in [0, 0.05) is 6.20 Å². The van der Waals surface area contributed by atoms with Crippen LogP contribution in [0.4, 0.5) is 0 Å². The van der Waals surface area contributed by atoms with Crippen LogP contribution in [0.5, 0.6) is 0 Å². The van der Waals surface area contributed by atoms with Crippen LogP contribution < -0.4 is 10.6 Å². The molecule has 2 amide bonds. The third kappa shape index (κ3) is 5.45. The highest BCUT2D eigenvalue weighted by Crippen LogP contribution is 2.05. The van der Waals surface area contributed by atoms with E-state index in [1.807, 2.05) is 24.5 Å². The van der Waals surface area contributed by atoms with E-state index in [-0.39, 0.29) is 11.7 Å². The molecule has 0 fully saturated rings. The number of carbonyl (C=O) groups is 2. The smallest absolute Gasteiger partial charge is 0.287 e. The number of furan rings is 1. The van der Waals surface area contributed by atoms with Crippen molar-refractivity contribution in [2.45, 2.75) is 19.0 Å². The Hall–Kier alpha value is -2.28. The van der Waals surface area contributed by atoms with Crippen LogP contribution in [0.3, 0.4) is 0 Å². The summed E-state index contributed by atoms with van der Waals surface area (Å²) in [6.07, 6.45) is 5.59. The minimum atomic E-state index is -0.608. The molecule has 2 heterocycles. The molecular weight excluding hydrogens is 314 g/mol. The lowest BCUT2D eigenvalue weighted by Gasteiger charge is -2.17. The second-order valence-electron chi connectivity index (χ2n) is 4.82. The average molecular weight is 333 g/mol. The molecule has 1 unspecified atom stereocenters. The first kappa shape index (κ1) is 17.1. The summed E-state index contributed by atoms with van der Waals surface area (Å²) in [6, 6.07) is 8.09. The second-order valence-corrected chi connectivity index (χ2v) is 5.81. The number of thioether (sulfide) groups is 1. The Kier molecular flexibility index (Phi) is 6.68. The Labute approximate surface area is 139 Å². The monoisotopic (exact) mass is 333 g/mol. The van der Waals surface area contributed by atoms with Crippen molar-refractivity contribution in [3.05, 3.63) is 54.2 Å². The van der Waals surface area contributed by atoms with Gasteiger partial charge in [-0.2, -0.15) is 11.8 Å². The molecule has 6 nitrogen and oxygen atoms in total. The Morgan fingerprint density at radius 3 is 2.83 bits per heavy atom. The Morgan fingerprint density at radius 1 is 1.30 bits per heavy atom. The van der Waals surface area contributed by atoms with E-state index >= 15 is 0 Å². The fraction of sp³-hybridized carbons (Fsp3) is 0.312. The molecule has 2 aromatic heterocycles. The number of pyridine rings is 1. The third-order valence-corrected chi connectivity index (χ3v) is 3.79. The molecule has 0 bridgehead atoms. The summed E-state index contributed by atoms with van der Waals surface area (Å²) in [7, 11) is 0. The summed E-state index contributed by atoms with van der Waals surface area (Å²) in [5, 5.41) is 5.51. The summed E-state index contributed by atoms with van der Waals surface area (Å²) < 4.78 is 5.05. The van der Waals surface area contributed by atoms with Gasteiger partial charge in [-0.05, 0) is 42.7 Å². The van der Waals surface area contributed by atoms with Gasteiger partial charge in [0.15, 0.2) is 5.76 Å². The van der Waals surface area contributed by atoms with Crippen molar-refractivity contribution in [3.63, 3.8) is 0 Å². The van der Waals surface area contributed by atoms with E-state index in [4.69, 9.17) is 4.42 Å². The molecule has 0 spiro atoms. The molecule has 0 aliphatic heterocycles. The number of carbonyl (C=O) groups excluding carboxylic acids is 2. The van der Waals surface area contributed by atoms with Gasteiger partial charge in [0.05, 0.1) is 18.5 Å². The highest BCUT2D eigenvalue weighted by Gasteiger charge is 2.22. The van der Waals surface area contributed by atoms with Crippen LogP contribution >= 0.6 is 11.8 Å². The minimum Gasteiger partial charge on any atom is -0.459 e. The van der Waals surface area contributed by atoms with Crippen LogP contribution in [0.2, 0.25) is 0 Å². The summed E-state index contributed by atoms with van der Waals surface area (Å²) in [4.78, 5) is 28.5. The molecule has 0 aliphatic rings. The SMILES string of the molecule is CSCCC(NC(=O)c1ccco1)C(=O)NCc1ccccn1. The zero-order valence-electron chi connectivity index (χ0n) is 12.8. The first-order chi connectivity index (χ1) is 11.2. The average Bonchev–Trinajstić information content (AvgIpc) is 3.12. The maximum atomic E-state index is 12.3. The minimum absolute atomic E-state index is 0.191. The highest BCUT2D eigenvalue weighted by molar-refractivity contribution is 7.98. The van der Waals surface area contributed by atoms with Gasteiger partial charge in [0.25, 0.3) is 5.91 Å². The van der Waals surface area contributed by atoms with Gasteiger partial charge in [0.2, 0.25) is 5.91 Å². The number of aromatic nitrogens is 1. The van der Waals surface area contributed by atoms with Crippen molar-refractivity contribution in [1.82, 2.24) is 15.6 Å². The molecule has 2 rings (SSSR count). The third-order valence-electron chi connectivity index (χ3n) is 3.15. The van der Waals surface area contributed by atoms with Gasteiger partial charge in [-0.3, -0.25) is 14.6 Å². The maximum Gasteiger partial charge on any atom is 0.287 e. The number of amides is 2. The predicted molar refractivity (Wildman–Crippen MR) is 89.0 cm³/mol. The lowest BCUT2D eigenvalue weighted by molar-refractivity contribution is -0.123. The van der Waals surface area contributed by atoms with Crippen molar-refractivity contribution in [1.29, 1.82) is 0 Å². The summed E-state index contributed by atoms with van der Waals surface area (Å²) in [5.74, 6) is 0.329. The lowest BCUT2D eigenvalue weighted by atomic mass is 10.2. The highest BCUT2D eigenvalue weighted by atomic mass is 32.2. The molecule has 122 valence electrons. The van der Waals surface area contributed by atoms with Crippen molar-refractivity contribution < 1.29 is 14.0 Å². The summed E-state index contributed by atoms with van der Waals surface area (Å²) >= 11 is 1.62. The first-order valence-corrected chi connectivity index (χ1v) is 8.61. The molecular formula is C16H19N3O3S. The standard InChI is InChI=1S/C16H19N3O3S/c1-23-10-7-13(19-16(21)14-6-4-9-22-14)15(20)18-11-12-5-2-3-8-17-12/h2-6,8-9,13H,7,10-11H2,1H3,(H,18,20)(H,19,21). The fourth-order valence-corrected chi connectivity index (χ4v) is 2.42. The number of hydrogen-bond donors (Lipinski definition) is 2. The topological polar surface area (TPSA) is 84.2 Å². The molecule has 0 saturated carbocycles. The summed E-state index contributed by atoms with van der Waals surface area (Å²) in [5.41, 5.74) is 0.766. The van der Waals surface area contributed by atoms with Crippen molar-refractivity contribution in [3.8, 4) is 0 Å². The van der Waals surface area contributed by atoms with E-state index in [9.17, 15) is 9.59 Å². The van der Waals surface area contributed by atoms with Crippen molar-refractivity contribution >= 4 is 23.6 Å². The van der Waals surface area contributed by atoms with Gasteiger partial charge in [0.1, 0.15) is 6.04 Å². The molecule has 1 atom stereocenters. The quantitative estimate of drug-likeness (QED) is 0.770. The Bertz CT molecular complexity index is 617. The first-order valence-electron chi connectivity index (χ1n) is 7.21. The van der Waals surface area contributed by atoms with E-state index in [0.29, 0.717) is 13.0 Å². The molecule has 2 N–H and O–H groups in total. The lowest BCUT2D eigenvalue weighted by Crippen LogP contribution is -2.46. The zero-order valence-corrected chi connectivity index (χ0v) is 13.6. The molecule has 0 radical (unpaired) electrons. The van der Waals surface area contributed by atoms with E-state index in [1.54, 1.807) is 30.1 Å². The van der Waals surface area contributed by atoms with Gasteiger partial charge in [-0.15, -0.1) is 0 Å². The fourth-order valence-electron chi connectivity index (χ4n) is 1.95. The largest absolute Gasteiger partial charge is 0.459 e. The van der Waals surface area contributed by atoms with Crippen LogP contribution in [0.1, 0.15) is 22.7 Å². The predicted octanol–water partition coefficient (Wildman–Crippen LogP) is 1.84. The van der Waals surface area contributed by atoms with Gasteiger partial charge < -0.3 is 15.1 Å². The number of rotatable bonds is 8. The zero-order chi connectivity index (χ0) is 16.5. The number of hydrogen-bond acceptors (Lipinski definition) is 5. The molecule has 7 heteroatoms. The van der Waals surface area contributed by atoms with E-state index in [2.05, 4.69) is 15.6 Å². The molecule has 0 aliphatic carbocycles. The molecule has 0 aromatic carbocycles. The van der Waals surface area contributed by atoms with Crippen molar-refractivity contribution in [2.24, 2.45) is 0 Å². The Morgan fingerprint density at radius 2 is 2.17 bits per heavy atom. The van der Waals surface area contributed by atoms with E-state index < -0.39 is 11.9 Å². The number of nitrogens with one attached hydrogen (secondary N) is 2. The summed E-state index contributed by atoms with van der Waals surface area (Å²) in [6.45, 7) is 0.325. The Balaban J connectivity index is 1.93. The van der Waals surface area contributed by atoms with Gasteiger partial charge in [-0.1, -0.05) is 6.07 Å². The van der Waals surface area contributed by atoms with E-state index in [1.165, 1.54) is 6.26 Å². The van der Waals surface area contributed by atoms with Crippen LogP contribution in [0.25, 0.3) is 0 Å². The molecule has 2 aromatic rings. The van der Waals surface area contributed by atoms with Crippen LogP contribution in [-0.2, 0) is 11.3 Å². The van der Waals surface area contributed by atoms with Crippen LogP contribution in [-0.4, -0.2) is 34.8 Å². The van der Waals surface area contributed by atoms with E-state index in [0.717, 1.165) is 11.4 Å². The second kappa shape index (κ2) is 8.99. The molecule has 23 heavy (non-hydrogen) atoms. The van der Waals surface area contributed by atoms with Crippen LogP contribution in [0.15, 0.2) is 47.2 Å². The normalized spacial score (nSPS) is 11.7. The van der Waals surface area contributed by atoms with Crippen molar-refractivity contribution in [2.75, 3.05) is 12.0 Å². The number of nitrogens with zero attached hydrogens (tertiary/aromatic N) is 1. The van der Waals surface area contributed by atoms with Gasteiger partial charge in [-0.25, -0.2) is 0 Å². The van der Waals surface area contributed by atoms with Gasteiger partial charge >= 0.3 is 0 Å².